The van der Waals surface area contributed by atoms with E-state index in [0.717, 1.165) is 16.8 Å². The second-order valence-electron chi connectivity index (χ2n) is 7.84. The summed E-state index contributed by atoms with van der Waals surface area (Å²) in [6.45, 7) is 5.74. The van der Waals surface area contributed by atoms with Crippen LogP contribution in [0.4, 0.5) is 15.2 Å². The van der Waals surface area contributed by atoms with Gasteiger partial charge in [-0.25, -0.2) is 9.37 Å². The number of thiazole rings is 1. The Morgan fingerprint density at radius 2 is 1.62 bits per heavy atom. The summed E-state index contributed by atoms with van der Waals surface area (Å²) in [6, 6.07) is 18.1. The standard InChI is InChI=1S/C27H23FN2O3S/c1-17-5-4-6-25(18(17)2)30(19(3)31)27-29-23(16-34-27)15-33-24-13-9-21(10-14-24)26(32)20-7-11-22(28)12-8-20/h4-14,16H,15H2,1-3H3. The third kappa shape index (κ3) is 5.05. The molecule has 0 unspecified atom stereocenters. The molecular formula is C27H23FN2O3S. The van der Waals surface area contributed by atoms with Gasteiger partial charge in [0.2, 0.25) is 5.91 Å². The Labute approximate surface area is 201 Å². The molecule has 5 nitrogen and oxygen atoms in total. The number of halogens is 1. The summed E-state index contributed by atoms with van der Waals surface area (Å²) in [5.74, 6) is -0.0996. The minimum Gasteiger partial charge on any atom is -0.487 e. The van der Waals surface area contributed by atoms with Crippen LogP contribution in [0.5, 0.6) is 5.75 Å². The lowest BCUT2D eigenvalue weighted by Crippen LogP contribution is -2.23. The quantitative estimate of drug-likeness (QED) is 0.291. The van der Waals surface area contributed by atoms with Crippen LogP contribution in [0.15, 0.2) is 72.1 Å². The van der Waals surface area contributed by atoms with E-state index in [1.54, 1.807) is 29.2 Å². The Morgan fingerprint density at radius 1 is 0.971 bits per heavy atom. The van der Waals surface area contributed by atoms with Gasteiger partial charge in [0, 0.05) is 23.4 Å². The fourth-order valence-corrected chi connectivity index (χ4v) is 4.34. The van der Waals surface area contributed by atoms with Crippen molar-refractivity contribution in [2.45, 2.75) is 27.4 Å². The largest absolute Gasteiger partial charge is 0.487 e. The SMILES string of the molecule is CC(=O)N(c1nc(COc2ccc(C(=O)c3ccc(F)cc3)cc2)cs1)c1cccc(C)c1C. The molecule has 7 heteroatoms. The van der Waals surface area contributed by atoms with Crippen molar-refractivity contribution < 1.29 is 18.7 Å². The molecule has 0 fully saturated rings. The van der Waals surface area contributed by atoms with E-state index in [0.29, 0.717) is 27.7 Å². The number of ether oxygens (including phenoxy) is 1. The first-order valence-electron chi connectivity index (χ1n) is 10.7. The van der Waals surface area contributed by atoms with E-state index >= 15 is 0 Å². The normalized spacial score (nSPS) is 10.7. The second kappa shape index (κ2) is 9.97. The minimum absolute atomic E-state index is 0.114. The smallest absolute Gasteiger partial charge is 0.230 e. The molecule has 1 aromatic heterocycles. The number of hydrogen-bond donors (Lipinski definition) is 0. The highest BCUT2D eigenvalue weighted by Gasteiger charge is 2.20. The molecule has 0 N–H and O–H groups in total. The topological polar surface area (TPSA) is 59.5 Å². The molecule has 1 heterocycles. The van der Waals surface area contributed by atoms with Crippen LogP contribution < -0.4 is 9.64 Å². The van der Waals surface area contributed by atoms with Crippen molar-refractivity contribution >= 4 is 33.8 Å². The van der Waals surface area contributed by atoms with Crippen molar-refractivity contribution in [2.75, 3.05) is 4.90 Å². The summed E-state index contributed by atoms with van der Waals surface area (Å²) >= 11 is 1.38. The number of nitrogens with zero attached hydrogens (tertiary/aromatic N) is 2. The highest BCUT2D eigenvalue weighted by molar-refractivity contribution is 7.14. The maximum Gasteiger partial charge on any atom is 0.230 e. The molecule has 0 aliphatic carbocycles. The zero-order chi connectivity index (χ0) is 24.2. The second-order valence-corrected chi connectivity index (χ2v) is 8.68. The third-order valence-corrected chi connectivity index (χ3v) is 6.35. The molecule has 0 aliphatic rings. The first kappa shape index (κ1) is 23.3. The number of benzene rings is 3. The maximum absolute atomic E-state index is 13.1. The van der Waals surface area contributed by atoms with Gasteiger partial charge in [-0.1, -0.05) is 12.1 Å². The highest BCUT2D eigenvalue weighted by atomic mass is 32.1. The summed E-state index contributed by atoms with van der Waals surface area (Å²) in [5, 5.41) is 2.45. The van der Waals surface area contributed by atoms with Crippen molar-refractivity contribution in [2.24, 2.45) is 0 Å². The number of rotatable bonds is 7. The van der Waals surface area contributed by atoms with Crippen molar-refractivity contribution in [3.63, 3.8) is 0 Å². The Morgan fingerprint density at radius 3 is 2.26 bits per heavy atom. The fraction of sp³-hybridized carbons (Fsp3) is 0.148. The first-order valence-corrected chi connectivity index (χ1v) is 11.6. The molecule has 0 radical (unpaired) electrons. The van der Waals surface area contributed by atoms with Gasteiger partial charge in [-0.05, 0) is 79.6 Å². The Balaban J connectivity index is 1.44. The van der Waals surface area contributed by atoms with Crippen LogP contribution in [0.25, 0.3) is 0 Å². The number of carbonyl (C=O) groups excluding carboxylic acids is 2. The lowest BCUT2D eigenvalue weighted by atomic mass is 10.0. The average molecular weight is 475 g/mol. The molecule has 0 saturated carbocycles. The summed E-state index contributed by atoms with van der Waals surface area (Å²) in [5.41, 5.74) is 4.55. The summed E-state index contributed by atoms with van der Waals surface area (Å²) in [6.07, 6.45) is 0. The van der Waals surface area contributed by atoms with Gasteiger partial charge >= 0.3 is 0 Å². The molecule has 0 spiro atoms. The van der Waals surface area contributed by atoms with E-state index < -0.39 is 0 Å². The molecule has 0 aliphatic heterocycles. The van der Waals surface area contributed by atoms with Gasteiger partial charge in [-0.3, -0.25) is 14.5 Å². The Kier molecular flexibility index (Phi) is 6.84. The lowest BCUT2D eigenvalue weighted by molar-refractivity contribution is -0.115. The predicted molar refractivity (Wildman–Crippen MR) is 131 cm³/mol. The van der Waals surface area contributed by atoms with Crippen LogP contribution in [0.2, 0.25) is 0 Å². The van der Waals surface area contributed by atoms with Gasteiger partial charge in [0.15, 0.2) is 10.9 Å². The van der Waals surface area contributed by atoms with Crippen molar-refractivity contribution in [1.82, 2.24) is 4.98 Å². The van der Waals surface area contributed by atoms with Crippen LogP contribution in [-0.2, 0) is 11.4 Å². The summed E-state index contributed by atoms with van der Waals surface area (Å²) < 4.78 is 18.9. The monoisotopic (exact) mass is 474 g/mol. The fourth-order valence-electron chi connectivity index (χ4n) is 3.48. The van der Waals surface area contributed by atoms with Gasteiger partial charge < -0.3 is 4.74 Å². The first-order chi connectivity index (χ1) is 16.3. The third-order valence-electron chi connectivity index (χ3n) is 5.47. The zero-order valence-electron chi connectivity index (χ0n) is 19.0. The van der Waals surface area contributed by atoms with E-state index in [1.165, 1.54) is 42.5 Å². The molecule has 172 valence electrons. The number of hydrogen-bond acceptors (Lipinski definition) is 5. The molecule has 1 amide bonds. The van der Waals surface area contributed by atoms with Crippen LogP contribution in [-0.4, -0.2) is 16.7 Å². The van der Waals surface area contributed by atoms with E-state index in [2.05, 4.69) is 4.98 Å². The predicted octanol–water partition coefficient (Wildman–Crippen LogP) is 6.39. The molecule has 0 atom stereocenters. The van der Waals surface area contributed by atoms with Crippen molar-refractivity contribution in [1.29, 1.82) is 0 Å². The van der Waals surface area contributed by atoms with Gasteiger partial charge in [-0.15, -0.1) is 11.3 Å². The van der Waals surface area contributed by atoms with Gasteiger partial charge in [0.25, 0.3) is 0 Å². The molecule has 4 rings (SSSR count). The van der Waals surface area contributed by atoms with E-state index in [-0.39, 0.29) is 24.1 Å². The number of amides is 1. The van der Waals surface area contributed by atoms with Gasteiger partial charge in [0.1, 0.15) is 18.2 Å². The number of anilines is 2. The number of aromatic nitrogens is 1. The maximum atomic E-state index is 13.1. The lowest BCUT2D eigenvalue weighted by Gasteiger charge is -2.21. The van der Waals surface area contributed by atoms with E-state index in [9.17, 15) is 14.0 Å². The molecule has 3 aromatic carbocycles. The Hall–Kier alpha value is -3.84. The summed E-state index contributed by atoms with van der Waals surface area (Å²) in [7, 11) is 0. The average Bonchev–Trinajstić information content (AvgIpc) is 3.29. The molecular weight excluding hydrogens is 451 g/mol. The minimum atomic E-state index is -0.383. The van der Waals surface area contributed by atoms with Gasteiger partial charge in [-0.2, -0.15) is 0 Å². The number of carbonyl (C=O) groups is 2. The van der Waals surface area contributed by atoms with Crippen molar-refractivity contribution in [3.05, 3.63) is 106 Å². The molecule has 0 bridgehead atoms. The van der Waals surface area contributed by atoms with Crippen molar-refractivity contribution in [3.8, 4) is 5.75 Å². The van der Waals surface area contributed by atoms with Gasteiger partial charge in [0.05, 0.1) is 11.4 Å². The van der Waals surface area contributed by atoms with E-state index in [4.69, 9.17) is 4.74 Å². The zero-order valence-corrected chi connectivity index (χ0v) is 19.9. The molecule has 0 saturated heterocycles. The van der Waals surface area contributed by atoms with Crippen LogP contribution >= 0.6 is 11.3 Å². The highest BCUT2D eigenvalue weighted by Crippen LogP contribution is 2.32. The Bertz CT molecular complexity index is 1330. The summed E-state index contributed by atoms with van der Waals surface area (Å²) in [4.78, 5) is 31.2. The molecule has 4 aromatic rings. The van der Waals surface area contributed by atoms with Crippen LogP contribution in [0.1, 0.15) is 39.7 Å². The number of aryl methyl sites for hydroxylation is 1. The van der Waals surface area contributed by atoms with Crippen LogP contribution in [0, 0.1) is 19.7 Å². The molecule has 34 heavy (non-hydrogen) atoms. The number of ketones is 1. The van der Waals surface area contributed by atoms with E-state index in [1.807, 2.05) is 37.4 Å². The van der Waals surface area contributed by atoms with Crippen LogP contribution in [0.3, 0.4) is 0 Å².